The zero-order chi connectivity index (χ0) is 18.2. The molecule has 5 heteroatoms. The maximum Gasteiger partial charge on any atom is 0.262 e. The highest BCUT2D eigenvalue weighted by atomic mass is 79.9. The van der Waals surface area contributed by atoms with Crippen LogP contribution >= 0.6 is 15.9 Å². The number of carbonyl (C=O) groups excluding carboxylic acids is 1. The van der Waals surface area contributed by atoms with Crippen LogP contribution in [-0.2, 0) is 11.4 Å². The average Bonchev–Trinajstić information content (AvgIpc) is 2.59. The minimum atomic E-state index is -0.397. The van der Waals surface area contributed by atoms with Gasteiger partial charge in [-0.1, -0.05) is 46.3 Å². The Kier molecular flexibility index (Phi) is 6.79. The molecule has 0 bridgehead atoms. The standard InChI is InChI=1S/C20H19BrN2O2/c1-14(2)23-20(24)17(12-22)10-16-11-18(21)8-9-19(16)25-13-15-6-4-3-5-7-15/h3-11,14H,13H2,1-2H3,(H,23,24)/b17-10-. The Labute approximate surface area is 156 Å². The second-order valence-corrected chi connectivity index (χ2v) is 6.67. The first kappa shape index (κ1) is 18.8. The van der Waals surface area contributed by atoms with Crippen molar-refractivity contribution in [1.29, 1.82) is 5.26 Å². The molecular weight excluding hydrogens is 380 g/mol. The number of amides is 1. The lowest BCUT2D eigenvalue weighted by Crippen LogP contribution is -2.30. The molecule has 0 saturated heterocycles. The van der Waals surface area contributed by atoms with E-state index < -0.39 is 5.91 Å². The van der Waals surface area contributed by atoms with Gasteiger partial charge in [-0.15, -0.1) is 0 Å². The van der Waals surface area contributed by atoms with E-state index in [1.807, 2.05) is 68.4 Å². The van der Waals surface area contributed by atoms with Crippen molar-refractivity contribution in [2.45, 2.75) is 26.5 Å². The van der Waals surface area contributed by atoms with Crippen molar-refractivity contribution >= 4 is 27.9 Å². The summed E-state index contributed by atoms with van der Waals surface area (Å²) in [5.74, 6) is 0.212. The normalized spacial score (nSPS) is 11.1. The van der Waals surface area contributed by atoms with E-state index in [9.17, 15) is 10.1 Å². The van der Waals surface area contributed by atoms with Crippen LogP contribution in [0.5, 0.6) is 5.75 Å². The highest BCUT2D eigenvalue weighted by Crippen LogP contribution is 2.26. The number of hydrogen-bond donors (Lipinski definition) is 1. The molecule has 1 amide bonds. The van der Waals surface area contributed by atoms with Crippen LogP contribution in [0.4, 0.5) is 0 Å². The summed E-state index contributed by atoms with van der Waals surface area (Å²) >= 11 is 3.41. The van der Waals surface area contributed by atoms with E-state index >= 15 is 0 Å². The number of hydrogen-bond acceptors (Lipinski definition) is 3. The maximum absolute atomic E-state index is 12.1. The highest BCUT2D eigenvalue weighted by Gasteiger charge is 2.12. The third kappa shape index (κ3) is 5.77. The average molecular weight is 399 g/mol. The monoisotopic (exact) mass is 398 g/mol. The summed E-state index contributed by atoms with van der Waals surface area (Å²) in [6.45, 7) is 4.10. The number of benzene rings is 2. The van der Waals surface area contributed by atoms with Crippen LogP contribution in [0, 0.1) is 11.3 Å². The van der Waals surface area contributed by atoms with E-state index in [0.29, 0.717) is 17.9 Å². The van der Waals surface area contributed by atoms with Gasteiger partial charge >= 0.3 is 0 Å². The molecule has 2 rings (SSSR count). The van der Waals surface area contributed by atoms with Gasteiger partial charge < -0.3 is 10.1 Å². The summed E-state index contributed by atoms with van der Waals surface area (Å²) in [5, 5.41) is 12.0. The lowest BCUT2D eigenvalue weighted by atomic mass is 10.1. The number of nitrogens with zero attached hydrogens (tertiary/aromatic N) is 1. The molecule has 0 radical (unpaired) electrons. The van der Waals surface area contributed by atoms with Gasteiger partial charge in [-0.2, -0.15) is 5.26 Å². The van der Waals surface area contributed by atoms with Crippen molar-refractivity contribution in [1.82, 2.24) is 5.32 Å². The SMILES string of the molecule is CC(C)NC(=O)/C(C#N)=C\c1cc(Br)ccc1OCc1ccccc1. The molecule has 25 heavy (non-hydrogen) atoms. The maximum atomic E-state index is 12.1. The van der Waals surface area contributed by atoms with Gasteiger partial charge in [-0.3, -0.25) is 4.79 Å². The molecule has 0 aliphatic carbocycles. The molecule has 2 aromatic carbocycles. The quantitative estimate of drug-likeness (QED) is 0.576. The van der Waals surface area contributed by atoms with Gasteiger partial charge in [0.2, 0.25) is 0 Å². The van der Waals surface area contributed by atoms with Crippen molar-refractivity contribution in [3.05, 3.63) is 69.7 Å². The van der Waals surface area contributed by atoms with Crippen molar-refractivity contribution in [2.75, 3.05) is 0 Å². The molecule has 2 aromatic rings. The second-order valence-electron chi connectivity index (χ2n) is 5.75. The zero-order valence-electron chi connectivity index (χ0n) is 14.1. The Morgan fingerprint density at radius 1 is 1.28 bits per heavy atom. The second kappa shape index (κ2) is 9.05. The van der Waals surface area contributed by atoms with Gasteiger partial charge in [0.25, 0.3) is 5.91 Å². The van der Waals surface area contributed by atoms with Gasteiger partial charge in [-0.05, 0) is 43.7 Å². The molecule has 0 aromatic heterocycles. The summed E-state index contributed by atoms with van der Waals surface area (Å²) in [6.07, 6.45) is 1.54. The number of carbonyl (C=O) groups is 1. The molecule has 0 aliphatic heterocycles. The van der Waals surface area contributed by atoms with Gasteiger partial charge in [-0.25, -0.2) is 0 Å². The summed E-state index contributed by atoms with van der Waals surface area (Å²) in [4.78, 5) is 12.1. The topological polar surface area (TPSA) is 62.1 Å². The van der Waals surface area contributed by atoms with Crippen LogP contribution in [0.2, 0.25) is 0 Å². The minimum absolute atomic E-state index is 0.0383. The molecule has 0 saturated carbocycles. The van der Waals surface area contributed by atoms with Crippen LogP contribution in [0.3, 0.4) is 0 Å². The fourth-order valence-electron chi connectivity index (χ4n) is 2.14. The minimum Gasteiger partial charge on any atom is -0.488 e. The van der Waals surface area contributed by atoms with Crippen molar-refractivity contribution in [2.24, 2.45) is 0 Å². The van der Waals surface area contributed by atoms with Gasteiger partial charge in [0.15, 0.2) is 0 Å². The summed E-state index contributed by atoms with van der Waals surface area (Å²) in [5.41, 5.74) is 1.75. The van der Waals surface area contributed by atoms with Crippen LogP contribution in [0.15, 0.2) is 58.6 Å². The van der Waals surface area contributed by atoms with E-state index in [1.54, 1.807) is 6.08 Å². The zero-order valence-corrected chi connectivity index (χ0v) is 15.7. The number of nitrogens with one attached hydrogen (secondary N) is 1. The predicted octanol–water partition coefficient (Wildman–Crippen LogP) is 4.46. The van der Waals surface area contributed by atoms with Crippen LogP contribution in [0.1, 0.15) is 25.0 Å². The Hall–Kier alpha value is -2.58. The number of ether oxygens (including phenoxy) is 1. The summed E-state index contributed by atoms with van der Waals surface area (Å²) in [7, 11) is 0. The highest BCUT2D eigenvalue weighted by molar-refractivity contribution is 9.10. The molecule has 0 heterocycles. The Morgan fingerprint density at radius 2 is 2.00 bits per heavy atom. The molecule has 0 unspecified atom stereocenters. The molecular formula is C20H19BrN2O2. The van der Waals surface area contributed by atoms with Gasteiger partial charge in [0.1, 0.15) is 24.0 Å². The predicted molar refractivity (Wildman–Crippen MR) is 102 cm³/mol. The lowest BCUT2D eigenvalue weighted by molar-refractivity contribution is -0.117. The fraction of sp³-hybridized carbons (Fsp3) is 0.200. The van der Waals surface area contributed by atoms with E-state index in [0.717, 1.165) is 10.0 Å². The largest absolute Gasteiger partial charge is 0.488 e. The molecule has 0 fully saturated rings. The third-order valence-electron chi connectivity index (χ3n) is 3.29. The van der Waals surface area contributed by atoms with E-state index in [2.05, 4.69) is 21.2 Å². The molecule has 0 aliphatic rings. The Bertz CT molecular complexity index is 808. The number of halogens is 1. The van der Waals surface area contributed by atoms with Crippen molar-refractivity contribution in [3.8, 4) is 11.8 Å². The molecule has 0 spiro atoms. The molecule has 128 valence electrons. The van der Waals surface area contributed by atoms with E-state index in [-0.39, 0.29) is 11.6 Å². The van der Waals surface area contributed by atoms with Crippen molar-refractivity contribution in [3.63, 3.8) is 0 Å². The van der Waals surface area contributed by atoms with Crippen molar-refractivity contribution < 1.29 is 9.53 Å². The number of nitriles is 1. The molecule has 1 N–H and O–H groups in total. The van der Waals surface area contributed by atoms with Crippen LogP contribution in [-0.4, -0.2) is 11.9 Å². The molecule has 4 nitrogen and oxygen atoms in total. The first-order chi connectivity index (χ1) is 12.0. The first-order valence-corrected chi connectivity index (χ1v) is 8.68. The number of rotatable bonds is 6. The fourth-order valence-corrected chi connectivity index (χ4v) is 2.52. The summed E-state index contributed by atoms with van der Waals surface area (Å²) < 4.78 is 6.72. The third-order valence-corrected chi connectivity index (χ3v) is 3.79. The Morgan fingerprint density at radius 3 is 2.64 bits per heavy atom. The van der Waals surface area contributed by atoms with E-state index in [1.165, 1.54) is 0 Å². The summed E-state index contributed by atoms with van der Waals surface area (Å²) in [6, 6.07) is 17.2. The van der Waals surface area contributed by atoms with Crippen LogP contribution in [0.25, 0.3) is 6.08 Å². The van der Waals surface area contributed by atoms with E-state index in [4.69, 9.17) is 4.74 Å². The van der Waals surface area contributed by atoms with Crippen LogP contribution < -0.4 is 10.1 Å². The molecule has 0 atom stereocenters. The Balaban J connectivity index is 2.27. The van der Waals surface area contributed by atoms with Gasteiger partial charge in [0.05, 0.1) is 0 Å². The van der Waals surface area contributed by atoms with Gasteiger partial charge in [0, 0.05) is 16.1 Å². The lowest BCUT2D eigenvalue weighted by Gasteiger charge is -2.11. The smallest absolute Gasteiger partial charge is 0.262 e. The first-order valence-electron chi connectivity index (χ1n) is 7.88.